The number of aromatic nitrogens is 3. The second kappa shape index (κ2) is 12.0. The Hall–Kier alpha value is -6.97. The monoisotopic (exact) mass is 701 g/mol. The number of fused-ring (bicyclic) bond motifs is 8. The molecule has 0 fully saturated rings. The Kier molecular flexibility index (Phi) is 6.90. The summed E-state index contributed by atoms with van der Waals surface area (Å²) in [6.07, 6.45) is 0. The average Bonchev–Trinajstić information content (AvgIpc) is 3.47. The molecule has 1 aliphatic rings. The molecule has 3 heterocycles. The predicted octanol–water partition coefficient (Wildman–Crippen LogP) is 13.5. The predicted molar refractivity (Wildman–Crippen MR) is 229 cm³/mol. The summed E-state index contributed by atoms with van der Waals surface area (Å²) in [5.74, 6) is 0. The Labute approximate surface area is 319 Å². The van der Waals surface area contributed by atoms with Crippen molar-refractivity contribution in [3.63, 3.8) is 0 Å². The molecule has 258 valence electrons. The number of hydrogen-bond acceptors (Lipinski definition) is 3. The molecule has 11 rings (SSSR count). The molecule has 0 N–H and O–H groups in total. The molecule has 7 aromatic carbocycles. The van der Waals surface area contributed by atoms with E-state index in [4.69, 9.17) is 15.0 Å². The lowest BCUT2D eigenvalue weighted by atomic mass is 9.81. The van der Waals surface area contributed by atoms with Gasteiger partial charge in [-0.2, -0.15) is 0 Å². The van der Waals surface area contributed by atoms with Crippen LogP contribution in [0.15, 0.2) is 176 Å². The van der Waals surface area contributed by atoms with Gasteiger partial charge in [0.05, 0.1) is 33.5 Å². The van der Waals surface area contributed by atoms with Gasteiger partial charge in [0.2, 0.25) is 0 Å². The van der Waals surface area contributed by atoms with Gasteiger partial charge in [0.15, 0.2) is 0 Å². The highest BCUT2D eigenvalue weighted by Gasteiger charge is 2.35. The van der Waals surface area contributed by atoms with Crippen LogP contribution in [-0.2, 0) is 5.41 Å². The van der Waals surface area contributed by atoms with Crippen LogP contribution in [0.4, 0.5) is 0 Å². The first-order valence-electron chi connectivity index (χ1n) is 18.9. The molecule has 55 heavy (non-hydrogen) atoms. The van der Waals surface area contributed by atoms with Crippen LogP contribution >= 0.6 is 0 Å². The minimum Gasteiger partial charge on any atom is -0.248 e. The maximum absolute atomic E-state index is 5.28. The molecule has 3 aromatic heterocycles. The zero-order valence-corrected chi connectivity index (χ0v) is 30.6. The fourth-order valence-electron chi connectivity index (χ4n) is 8.62. The number of benzene rings is 7. The molecule has 0 saturated heterocycles. The number of pyridine rings is 3. The van der Waals surface area contributed by atoms with Crippen molar-refractivity contribution in [3.05, 3.63) is 187 Å². The summed E-state index contributed by atoms with van der Waals surface area (Å²) in [6.45, 7) is 4.67. The highest BCUT2D eigenvalue weighted by molar-refractivity contribution is 6.04. The van der Waals surface area contributed by atoms with Gasteiger partial charge in [-0.05, 0) is 93.0 Å². The molecule has 0 bridgehead atoms. The summed E-state index contributed by atoms with van der Waals surface area (Å²) in [4.78, 5) is 15.4. The van der Waals surface area contributed by atoms with E-state index in [0.29, 0.717) is 0 Å². The zero-order chi connectivity index (χ0) is 36.7. The van der Waals surface area contributed by atoms with E-state index >= 15 is 0 Å². The fraction of sp³-hybridized carbons (Fsp3) is 0.0577. The van der Waals surface area contributed by atoms with Crippen molar-refractivity contribution in [2.24, 2.45) is 0 Å². The molecule has 0 aliphatic heterocycles. The van der Waals surface area contributed by atoms with Crippen LogP contribution in [0.25, 0.3) is 99.5 Å². The average molecular weight is 702 g/mol. The standard InChI is InChI=1S/C52H35N3/c1-52(2)44-12-5-4-11-42(44)43-24-20-38(31-45(43)52)36-9-7-10-40(28-36)48-26-22-35-19-18-34-21-25-47(54-50(34)51(35)55-48)33-16-14-32(15-17-33)37-23-27-49-41(29-37)30-39-8-3-6-13-46(39)53-49/h3-31H,1-2H3. The molecule has 3 nitrogen and oxygen atoms in total. The molecular formula is C52H35N3. The molecular weight excluding hydrogens is 667 g/mol. The van der Waals surface area contributed by atoms with Gasteiger partial charge in [-0.25, -0.2) is 15.0 Å². The van der Waals surface area contributed by atoms with E-state index in [9.17, 15) is 0 Å². The Morgan fingerprint density at radius 3 is 1.73 bits per heavy atom. The third kappa shape index (κ3) is 5.15. The third-order valence-corrected chi connectivity index (χ3v) is 11.6. The lowest BCUT2D eigenvalue weighted by Crippen LogP contribution is -2.14. The lowest BCUT2D eigenvalue weighted by Gasteiger charge is -2.22. The minimum atomic E-state index is -0.0421. The Morgan fingerprint density at radius 1 is 0.327 bits per heavy atom. The summed E-state index contributed by atoms with van der Waals surface area (Å²) in [5, 5.41) is 4.44. The van der Waals surface area contributed by atoms with E-state index in [1.54, 1.807) is 0 Å². The van der Waals surface area contributed by atoms with Gasteiger partial charge >= 0.3 is 0 Å². The lowest BCUT2D eigenvalue weighted by molar-refractivity contribution is 0.660. The molecule has 0 unspecified atom stereocenters. The van der Waals surface area contributed by atoms with E-state index in [-0.39, 0.29) is 5.41 Å². The van der Waals surface area contributed by atoms with Crippen molar-refractivity contribution in [1.82, 2.24) is 15.0 Å². The number of para-hydroxylation sites is 1. The first kappa shape index (κ1) is 31.5. The quantitative estimate of drug-likeness (QED) is 0.135. The second-order valence-electron chi connectivity index (χ2n) is 15.3. The highest BCUT2D eigenvalue weighted by atomic mass is 14.8. The second-order valence-corrected chi connectivity index (χ2v) is 15.3. The van der Waals surface area contributed by atoms with Crippen LogP contribution < -0.4 is 0 Å². The maximum Gasteiger partial charge on any atom is 0.0972 e. The molecule has 0 saturated carbocycles. The van der Waals surface area contributed by atoms with Crippen molar-refractivity contribution in [3.8, 4) is 55.9 Å². The van der Waals surface area contributed by atoms with Gasteiger partial charge in [-0.1, -0.05) is 141 Å². The summed E-state index contributed by atoms with van der Waals surface area (Å²) in [5.41, 5.74) is 18.0. The Balaban J connectivity index is 0.928. The summed E-state index contributed by atoms with van der Waals surface area (Å²) in [7, 11) is 0. The first-order valence-corrected chi connectivity index (χ1v) is 18.9. The van der Waals surface area contributed by atoms with Crippen LogP contribution in [0.1, 0.15) is 25.0 Å². The van der Waals surface area contributed by atoms with Crippen molar-refractivity contribution >= 4 is 43.6 Å². The summed E-state index contributed by atoms with van der Waals surface area (Å²) in [6, 6.07) is 63.1. The molecule has 0 atom stereocenters. The van der Waals surface area contributed by atoms with Gasteiger partial charge in [-0.3, -0.25) is 0 Å². The molecule has 0 amide bonds. The normalized spacial score (nSPS) is 13.1. The van der Waals surface area contributed by atoms with Crippen LogP contribution in [0, 0.1) is 0 Å². The van der Waals surface area contributed by atoms with Gasteiger partial charge < -0.3 is 0 Å². The first-order chi connectivity index (χ1) is 27.0. The largest absolute Gasteiger partial charge is 0.248 e. The number of hydrogen-bond donors (Lipinski definition) is 0. The van der Waals surface area contributed by atoms with E-state index in [0.717, 1.165) is 71.7 Å². The van der Waals surface area contributed by atoms with Crippen molar-refractivity contribution in [1.29, 1.82) is 0 Å². The van der Waals surface area contributed by atoms with E-state index in [1.807, 2.05) is 6.07 Å². The maximum atomic E-state index is 5.28. The van der Waals surface area contributed by atoms with Crippen LogP contribution in [0.5, 0.6) is 0 Å². The van der Waals surface area contributed by atoms with E-state index < -0.39 is 0 Å². The van der Waals surface area contributed by atoms with E-state index in [1.165, 1.54) is 38.9 Å². The van der Waals surface area contributed by atoms with Crippen LogP contribution in [0.2, 0.25) is 0 Å². The van der Waals surface area contributed by atoms with Crippen molar-refractivity contribution in [2.45, 2.75) is 19.3 Å². The Morgan fingerprint density at radius 2 is 0.909 bits per heavy atom. The Bertz CT molecular complexity index is 3180. The topological polar surface area (TPSA) is 38.7 Å². The third-order valence-electron chi connectivity index (χ3n) is 11.6. The van der Waals surface area contributed by atoms with Crippen LogP contribution in [0.3, 0.4) is 0 Å². The SMILES string of the molecule is CC1(C)c2ccccc2-c2ccc(-c3cccc(-c4ccc5ccc6ccc(-c7ccc(-c8ccc9nc%10ccccc%10cc9c8)cc7)nc6c5n4)c3)cc21. The summed E-state index contributed by atoms with van der Waals surface area (Å²) >= 11 is 0. The van der Waals surface area contributed by atoms with Gasteiger partial charge in [0, 0.05) is 38.1 Å². The molecule has 10 aromatic rings. The summed E-state index contributed by atoms with van der Waals surface area (Å²) < 4.78 is 0. The van der Waals surface area contributed by atoms with E-state index in [2.05, 4.69) is 184 Å². The smallest absolute Gasteiger partial charge is 0.0972 e. The number of rotatable bonds is 4. The fourth-order valence-corrected chi connectivity index (χ4v) is 8.62. The highest BCUT2D eigenvalue weighted by Crippen LogP contribution is 2.49. The molecule has 0 spiro atoms. The van der Waals surface area contributed by atoms with Crippen molar-refractivity contribution < 1.29 is 0 Å². The molecule has 1 aliphatic carbocycles. The van der Waals surface area contributed by atoms with Gasteiger partial charge in [0.25, 0.3) is 0 Å². The van der Waals surface area contributed by atoms with Gasteiger partial charge in [-0.15, -0.1) is 0 Å². The molecule has 0 radical (unpaired) electrons. The van der Waals surface area contributed by atoms with Crippen LogP contribution in [-0.4, -0.2) is 15.0 Å². The van der Waals surface area contributed by atoms with Crippen molar-refractivity contribution in [2.75, 3.05) is 0 Å². The zero-order valence-electron chi connectivity index (χ0n) is 30.6. The van der Waals surface area contributed by atoms with Gasteiger partial charge in [0.1, 0.15) is 0 Å². The molecule has 3 heteroatoms. The number of nitrogens with zero attached hydrogens (tertiary/aromatic N) is 3. The minimum absolute atomic E-state index is 0.0421.